The predicted octanol–water partition coefficient (Wildman–Crippen LogP) is 17.0. The Kier molecular flexibility index (Phi) is 10.4. The van der Waals surface area contributed by atoms with Crippen molar-refractivity contribution in [2.75, 3.05) is 0 Å². The number of aromatic nitrogens is 2. The predicted molar refractivity (Wildman–Crippen MR) is 297 cm³/mol. The third kappa shape index (κ3) is 7.16. The summed E-state index contributed by atoms with van der Waals surface area (Å²) < 4.78 is 4.85. The summed E-state index contributed by atoms with van der Waals surface area (Å²) >= 11 is 0. The molecule has 0 bridgehead atoms. The Morgan fingerprint density at radius 2 is 0.528 bits per heavy atom. The van der Waals surface area contributed by atoms with E-state index >= 15 is 0 Å². The van der Waals surface area contributed by atoms with Crippen LogP contribution in [0.3, 0.4) is 0 Å². The summed E-state index contributed by atoms with van der Waals surface area (Å²) in [6.45, 7) is 0. The van der Waals surface area contributed by atoms with Gasteiger partial charge >= 0.3 is 0 Å². The van der Waals surface area contributed by atoms with Crippen LogP contribution in [0.5, 0.6) is 0 Å². The molecule has 0 aliphatic heterocycles. The van der Waals surface area contributed by atoms with Gasteiger partial charge in [-0.25, -0.2) is 0 Å². The minimum absolute atomic E-state index is 0.0230. The van der Waals surface area contributed by atoms with Gasteiger partial charge in [0.25, 0.3) is 0 Å². The topological polar surface area (TPSA) is 44.0 Å². The average molecular weight is 921 g/mol. The van der Waals surface area contributed by atoms with Crippen molar-refractivity contribution in [1.82, 2.24) is 9.13 Å². The summed E-state index contributed by atoms with van der Waals surface area (Å²) in [6.07, 6.45) is 0. The van der Waals surface area contributed by atoms with Gasteiger partial charge in [-0.05, 0) is 69.8 Å². The van der Waals surface area contributed by atoms with Gasteiger partial charge in [-0.1, -0.05) is 231 Å². The molecule has 13 rings (SSSR count). The van der Waals surface area contributed by atoms with Gasteiger partial charge in [0, 0.05) is 66.3 Å². The largest absolute Gasteiger partial charge is 0.309 e. The molecule has 0 saturated heterocycles. The number of carbonyl (C=O) groups is 2. The molecule has 2 heterocycles. The third-order valence-corrected chi connectivity index (χ3v) is 14.1. The SMILES string of the molecule is O=C(c1ccccc1)c1ccc(-c2c3c4ccccc4n(-c4ccc(-c5ccccc5)cc4)c3c(-c3ccc(C(=O)c4ccccc4)cc3)c3c4ccccc4n(-c4ccc(-c5ccccc5)cc4)c23)cc1. The van der Waals surface area contributed by atoms with Crippen molar-refractivity contribution in [2.24, 2.45) is 0 Å². The maximum Gasteiger partial charge on any atom is 0.193 e. The minimum atomic E-state index is -0.0230. The Bertz CT molecular complexity index is 3880. The average Bonchev–Trinajstić information content (AvgIpc) is 3.99. The standard InChI is InChI=1S/C68H44N2O2/c71-67(51-21-9-3-10-22-51)53-33-29-49(30-34-53)61-64-58-26-14-16-28-60(58)70(56-43-39-48(40-44-56)46-19-7-2-8-20-46)66(64)62(50-31-35-54(36-32-50)68(72)52-23-11-4-12-24-52)63-57-25-13-15-27-59(57)69(65(61)63)55-41-37-47(38-42-55)45-17-5-1-6-18-45/h1-44H. The second kappa shape index (κ2) is 17.7. The van der Waals surface area contributed by atoms with Crippen LogP contribution in [0.15, 0.2) is 267 Å². The molecule has 11 aromatic carbocycles. The molecule has 0 spiro atoms. The highest BCUT2D eigenvalue weighted by Crippen LogP contribution is 2.52. The van der Waals surface area contributed by atoms with Crippen molar-refractivity contribution in [3.63, 3.8) is 0 Å². The van der Waals surface area contributed by atoms with Gasteiger partial charge in [-0.3, -0.25) is 9.59 Å². The van der Waals surface area contributed by atoms with Gasteiger partial charge in [0.05, 0.1) is 22.1 Å². The van der Waals surface area contributed by atoms with Gasteiger partial charge in [0.15, 0.2) is 11.6 Å². The van der Waals surface area contributed by atoms with Crippen LogP contribution in [0, 0.1) is 0 Å². The van der Waals surface area contributed by atoms with E-state index in [0.717, 1.165) is 99.5 Å². The Balaban J connectivity index is 1.16. The van der Waals surface area contributed by atoms with Crippen molar-refractivity contribution < 1.29 is 9.59 Å². The molecule has 4 nitrogen and oxygen atoms in total. The van der Waals surface area contributed by atoms with E-state index in [1.165, 1.54) is 0 Å². The first-order chi connectivity index (χ1) is 35.6. The number of fused-ring (bicyclic) bond motifs is 6. The Labute approximate surface area is 417 Å². The number of nitrogens with zero attached hydrogens (tertiary/aromatic N) is 2. The van der Waals surface area contributed by atoms with E-state index in [2.05, 4.69) is 179 Å². The highest BCUT2D eigenvalue weighted by atomic mass is 16.1. The monoisotopic (exact) mass is 920 g/mol. The second-order valence-electron chi connectivity index (χ2n) is 18.3. The number of para-hydroxylation sites is 2. The molecule has 0 aliphatic carbocycles. The zero-order valence-electron chi connectivity index (χ0n) is 39.1. The van der Waals surface area contributed by atoms with E-state index in [-0.39, 0.29) is 11.6 Å². The lowest BCUT2D eigenvalue weighted by molar-refractivity contribution is 0.103. The lowest BCUT2D eigenvalue weighted by Gasteiger charge is -2.19. The number of benzene rings is 11. The van der Waals surface area contributed by atoms with Gasteiger partial charge < -0.3 is 9.13 Å². The summed E-state index contributed by atoms with van der Waals surface area (Å²) in [7, 11) is 0. The van der Waals surface area contributed by atoms with E-state index in [1.807, 2.05) is 97.1 Å². The lowest BCUT2D eigenvalue weighted by Crippen LogP contribution is -2.02. The summed E-state index contributed by atoms with van der Waals surface area (Å²) in [6, 6.07) is 91.5. The van der Waals surface area contributed by atoms with E-state index in [9.17, 15) is 9.59 Å². The van der Waals surface area contributed by atoms with Crippen LogP contribution in [-0.4, -0.2) is 20.7 Å². The Morgan fingerprint density at radius 1 is 0.250 bits per heavy atom. The van der Waals surface area contributed by atoms with Crippen molar-refractivity contribution >= 4 is 55.2 Å². The van der Waals surface area contributed by atoms with Crippen LogP contribution in [0.2, 0.25) is 0 Å². The number of rotatable bonds is 10. The smallest absolute Gasteiger partial charge is 0.193 e. The minimum Gasteiger partial charge on any atom is -0.309 e. The van der Waals surface area contributed by atoms with Crippen LogP contribution in [0.1, 0.15) is 31.8 Å². The van der Waals surface area contributed by atoms with Crippen molar-refractivity contribution in [1.29, 1.82) is 0 Å². The number of carbonyl (C=O) groups excluding carboxylic acids is 2. The number of hydrogen-bond acceptors (Lipinski definition) is 2. The fourth-order valence-corrected chi connectivity index (χ4v) is 10.8. The molecule has 2 aromatic heterocycles. The van der Waals surface area contributed by atoms with Crippen LogP contribution in [0.25, 0.3) is 99.5 Å². The molecule has 0 saturated carbocycles. The fraction of sp³-hybridized carbons (Fsp3) is 0. The molecule has 0 unspecified atom stereocenters. The van der Waals surface area contributed by atoms with E-state index in [4.69, 9.17) is 0 Å². The Hall–Kier alpha value is -9.64. The first kappa shape index (κ1) is 42.5. The Morgan fingerprint density at radius 3 is 0.889 bits per heavy atom. The molecule has 0 aliphatic rings. The lowest BCUT2D eigenvalue weighted by atomic mass is 9.88. The molecule has 72 heavy (non-hydrogen) atoms. The van der Waals surface area contributed by atoms with E-state index < -0.39 is 0 Å². The zero-order valence-corrected chi connectivity index (χ0v) is 39.1. The van der Waals surface area contributed by atoms with Gasteiger partial charge in [-0.2, -0.15) is 0 Å². The number of hydrogen-bond donors (Lipinski definition) is 0. The molecular weight excluding hydrogens is 877 g/mol. The second-order valence-corrected chi connectivity index (χ2v) is 18.3. The van der Waals surface area contributed by atoms with Crippen molar-refractivity contribution in [2.45, 2.75) is 0 Å². The van der Waals surface area contributed by atoms with Crippen molar-refractivity contribution in [3.05, 3.63) is 289 Å². The van der Waals surface area contributed by atoms with Crippen molar-refractivity contribution in [3.8, 4) is 55.9 Å². The highest BCUT2D eigenvalue weighted by Gasteiger charge is 2.29. The van der Waals surface area contributed by atoms with E-state index in [1.54, 1.807) is 0 Å². The van der Waals surface area contributed by atoms with Gasteiger partial charge in [-0.15, -0.1) is 0 Å². The first-order valence-corrected chi connectivity index (χ1v) is 24.3. The molecule has 0 atom stereocenters. The molecule has 0 radical (unpaired) electrons. The van der Waals surface area contributed by atoms with Crippen LogP contribution < -0.4 is 0 Å². The molecule has 0 amide bonds. The summed E-state index contributed by atoms with van der Waals surface area (Å²) in [5.74, 6) is -0.0460. The van der Waals surface area contributed by atoms with E-state index in [0.29, 0.717) is 22.3 Å². The van der Waals surface area contributed by atoms with Gasteiger partial charge in [0.2, 0.25) is 0 Å². The maximum absolute atomic E-state index is 14.0. The first-order valence-electron chi connectivity index (χ1n) is 24.3. The summed E-state index contributed by atoms with van der Waals surface area (Å²) in [5.41, 5.74) is 17.4. The van der Waals surface area contributed by atoms with Crippen LogP contribution >= 0.6 is 0 Å². The molecular formula is C68H44N2O2. The third-order valence-electron chi connectivity index (χ3n) is 14.1. The van der Waals surface area contributed by atoms with Crippen LogP contribution in [-0.2, 0) is 0 Å². The molecule has 0 N–H and O–H groups in total. The maximum atomic E-state index is 14.0. The zero-order chi connectivity index (χ0) is 48.1. The molecule has 0 fully saturated rings. The fourth-order valence-electron chi connectivity index (χ4n) is 10.8. The normalized spacial score (nSPS) is 11.4. The summed E-state index contributed by atoms with van der Waals surface area (Å²) in [4.78, 5) is 27.9. The van der Waals surface area contributed by atoms with Crippen LogP contribution in [0.4, 0.5) is 0 Å². The molecule has 338 valence electrons. The summed E-state index contributed by atoms with van der Waals surface area (Å²) in [5, 5.41) is 4.34. The molecule has 4 heteroatoms. The van der Waals surface area contributed by atoms with Gasteiger partial charge in [0.1, 0.15) is 0 Å². The molecule has 13 aromatic rings. The highest BCUT2D eigenvalue weighted by molar-refractivity contribution is 6.33. The number of ketones is 2. The quantitative estimate of drug-likeness (QED) is 0.128.